The molecule has 0 spiro atoms. The maximum absolute atomic E-state index is 12.9. The van der Waals surface area contributed by atoms with Crippen LogP contribution < -0.4 is 10.6 Å². The van der Waals surface area contributed by atoms with Gasteiger partial charge in [-0.25, -0.2) is 0 Å². The summed E-state index contributed by atoms with van der Waals surface area (Å²) in [5, 5.41) is 18.0. The van der Waals surface area contributed by atoms with Gasteiger partial charge in [0.1, 0.15) is 11.4 Å². The number of rotatable bonds is 5. The molecule has 0 fully saturated rings. The Kier molecular flexibility index (Phi) is 5.30. The number of hydrogen-bond donors (Lipinski definition) is 2. The zero-order chi connectivity index (χ0) is 19.7. The van der Waals surface area contributed by atoms with Gasteiger partial charge in [0.05, 0.1) is 39.2 Å². The zero-order valence-corrected chi connectivity index (χ0v) is 17.5. The first-order chi connectivity index (χ1) is 12.8. The predicted octanol–water partition coefficient (Wildman–Crippen LogP) is 1.79. The van der Waals surface area contributed by atoms with Crippen molar-refractivity contribution in [1.29, 1.82) is 0 Å². The van der Waals surface area contributed by atoms with Crippen molar-refractivity contribution >= 4 is 45.8 Å². The molecule has 0 aliphatic heterocycles. The summed E-state index contributed by atoms with van der Waals surface area (Å²) in [7, 11) is 3.48. The van der Waals surface area contributed by atoms with E-state index in [-0.39, 0.29) is 17.5 Å². The van der Waals surface area contributed by atoms with Gasteiger partial charge in [0.25, 0.3) is 11.8 Å². The summed E-state index contributed by atoms with van der Waals surface area (Å²) in [4.78, 5) is 25.5. The molecule has 142 valence electrons. The van der Waals surface area contributed by atoms with Crippen LogP contribution in [0.4, 0.5) is 11.4 Å². The number of halogens is 1. The number of hydrogen-bond acceptors (Lipinski definition) is 5. The third-order valence-electron chi connectivity index (χ3n) is 4.19. The highest BCUT2D eigenvalue weighted by Crippen LogP contribution is 2.21. The third kappa shape index (κ3) is 3.59. The summed E-state index contributed by atoms with van der Waals surface area (Å²) in [6, 6.07) is 0. The number of amides is 2. The van der Waals surface area contributed by atoms with Crippen LogP contribution in [0.25, 0.3) is 0 Å². The fourth-order valence-corrected chi connectivity index (χ4v) is 3.33. The van der Waals surface area contributed by atoms with Crippen molar-refractivity contribution in [3.63, 3.8) is 0 Å². The number of carbonyl (C=O) groups is 2. The van der Waals surface area contributed by atoms with E-state index in [9.17, 15) is 9.59 Å². The summed E-state index contributed by atoms with van der Waals surface area (Å²) in [6.45, 7) is 4.20. The third-order valence-corrected chi connectivity index (χ3v) is 4.98. The predicted molar refractivity (Wildman–Crippen MR) is 108 cm³/mol. The maximum Gasteiger partial charge on any atom is 0.276 e. The number of carbonyl (C=O) groups excluding carboxylic acids is 2. The van der Waals surface area contributed by atoms with E-state index in [0.29, 0.717) is 27.2 Å². The average molecular weight is 482 g/mol. The number of aromatic nitrogens is 6. The molecule has 27 heavy (non-hydrogen) atoms. The van der Waals surface area contributed by atoms with Crippen molar-refractivity contribution in [1.82, 2.24) is 29.3 Å². The number of nitrogens with zero attached hydrogens (tertiary/aromatic N) is 6. The molecular weight excluding hydrogens is 463 g/mol. The van der Waals surface area contributed by atoms with Gasteiger partial charge in [-0.3, -0.25) is 23.6 Å². The van der Waals surface area contributed by atoms with E-state index in [0.717, 1.165) is 5.69 Å². The van der Waals surface area contributed by atoms with Crippen LogP contribution >= 0.6 is 22.6 Å². The molecule has 0 saturated carbocycles. The largest absolute Gasteiger partial charge is 0.318 e. The topological polar surface area (TPSA) is 112 Å². The van der Waals surface area contributed by atoms with Gasteiger partial charge in [0, 0.05) is 20.6 Å². The monoisotopic (exact) mass is 482 g/mol. The van der Waals surface area contributed by atoms with Crippen molar-refractivity contribution in [2.45, 2.75) is 20.4 Å². The molecule has 3 aromatic heterocycles. The highest BCUT2D eigenvalue weighted by molar-refractivity contribution is 14.1. The van der Waals surface area contributed by atoms with E-state index in [1.54, 1.807) is 31.2 Å². The van der Waals surface area contributed by atoms with Gasteiger partial charge in [-0.15, -0.1) is 0 Å². The molecule has 0 bridgehead atoms. The SMILES string of the molecule is CCn1ncc(NC(=O)c2c(I)cnn2C)c1C(=O)Nc1cnn(C)c1C. The minimum Gasteiger partial charge on any atom is -0.318 e. The number of anilines is 2. The van der Waals surface area contributed by atoms with Gasteiger partial charge in [0.15, 0.2) is 0 Å². The number of aryl methyl sites for hydroxylation is 3. The maximum atomic E-state index is 12.9. The van der Waals surface area contributed by atoms with Crippen molar-refractivity contribution in [3.8, 4) is 0 Å². The quantitative estimate of drug-likeness (QED) is 0.539. The van der Waals surface area contributed by atoms with Crippen LogP contribution in [-0.2, 0) is 20.6 Å². The van der Waals surface area contributed by atoms with E-state index in [1.165, 1.54) is 15.6 Å². The van der Waals surface area contributed by atoms with Crippen molar-refractivity contribution in [2.24, 2.45) is 14.1 Å². The minimum absolute atomic E-state index is 0.270. The molecule has 2 N–H and O–H groups in total. The normalized spacial score (nSPS) is 10.9. The Bertz CT molecular complexity index is 996. The highest BCUT2D eigenvalue weighted by atomic mass is 127. The van der Waals surface area contributed by atoms with Crippen LogP contribution in [0.2, 0.25) is 0 Å². The Morgan fingerprint density at radius 3 is 2.11 bits per heavy atom. The molecule has 0 radical (unpaired) electrons. The lowest BCUT2D eigenvalue weighted by Crippen LogP contribution is -2.22. The second kappa shape index (κ2) is 7.50. The molecule has 0 atom stereocenters. The minimum atomic E-state index is -0.375. The summed E-state index contributed by atoms with van der Waals surface area (Å²) >= 11 is 2.04. The molecule has 10 nitrogen and oxygen atoms in total. The molecule has 11 heteroatoms. The first-order valence-electron chi connectivity index (χ1n) is 8.18. The van der Waals surface area contributed by atoms with E-state index in [2.05, 4.69) is 25.9 Å². The Morgan fingerprint density at radius 2 is 1.56 bits per heavy atom. The lowest BCUT2D eigenvalue weighted by atomic mass is 10.3. The summed E-state index contributed by atoms with van der Waals surface area (Å²) in [5.41, 5.74) is 2.43. The molecule has 0 aliphatic rings. The zero-order valence-electron chi connectivity index (χ0n) is 15.3. The molecular formula is C16H19IN8O2. The molecule has 3 rings (SSSR count). The molecule has 0 unspecified atom stereocenters. The summed E-state index contributed by atoms with van der Waals surface area (Å²) < 4.78 is 5.40. The second-order valence-corrected chi connectivity index (χ2v) is 7.03. The standard InChI is InChI=1S/C16H19IN8O2/c1-5-25-14(16(27)21-11-7-19-23(3)9(11)2)12(8-20-25)22-15(26)13-10(17)6-18-24(13)4/h6-8H,5H2,1-4H3,(H,21,27)(H,22,26). The first-order valence-corrected chi connectivity index (χ1v) is 9.26. The van der Waals surface area contributed by atoms with Crippen LogP contribution in [0.5, 0.6) is 0 Å². The van der Waals surface area contributed by atoms with Crippen LogP contribution in [0.15, 0.2) is 18.6 Å². The second-order valence-electron chi connectivity index (χ2n) is 5.86. The van der Waals surface area contributed by atoms with Gasteiger partial charge >= 0.3 is 0 Å². The molecule has 0 saturated heterocycles. The molecule has 3 aromatic rings. The fourth-order valence-electron chi connectivity index (χ4n) is 2.61. The van der Waals surface area contributed by atoms with Crippen LogP contribution in [0, 0.1) is 10.5 Å². The molecule has 3 heterocycles. The van der Waals surface area contributed by atoms with Gasteiger partial charge in [-0.1, -0.05) is 0 Å². The molecule has 0 aromatic carbocycles. The fraction of sp³-hybridized carbons (Fsp3) is 0.312. The number of nitrogens with one attached hydrogen (secondary N) is 2. The van der Waals surface area contributed by atoms with Crippen molar-refractivity contribution < 1.29 is 9.59 Å². The van der Waals surface area contributed by atoms with Crippen molar-refractivity contribution in [3.05, 3.63) is 39.2 Å². The van der Waals surface area contributed by atoms with Gasteiger partial charge in [-0.05, 0) is 36.4 Å². The lowest BCUT2D eigenvalue weighted by Gasteiger charge is -2.10. The van der Waals surface area contributed by atoms with Crippen LogP contribution in [0.3, 0.4) is 0 Å². The smallest absolute Gasteiger partial charge is 0.276 e. The van der Waals surface area contributed by atoms with Gasteiger partial charge in [0.2, 0.25) is 0 Å². The summed E-state index contributed by atoms with van der Waals surface area (Å²) in [5.74, 6) is -0.734. The van der Waals surface area contributed by atoms with Crippen molar-refractivity contribution in [2.75, 3.05) is 10.6 Å². The van der Waals surface area contributed by atoms with E-state index in [4.69, 9.17) is 0 Å². The average Bonchev–Trinajstić information content (AvgIpc) is 3.28. The Morgan fingerprint density at radius 1 is 0.963 bits per heavy atom. The van der Waals surface area contributed by atoms with E-state index in [1.807, 2.05) is 36.4 Å². The summed E-state index contributed by atoms with van der Waals surface area (Å²) in [6.07, 6.45) is 4.65. The first kappa shape index (κ1) is 19.1. The molecule has 2 amide bonds. The Balaban J connectivity index is 1.89. The van der Waals surface area contributed by atoms with Gasteiger partial charge < -0.3 is 10.6 Å². The van der Waals surface area contributed by atoms with E-state index < -0.39 is 0 Å². The Labute approximate surface area is 169 Å². The van der Waals surface area contributed by atoms with Crippen LogP contribution in [0.1, 0.15) is 33.6 Å². The van der Waals surface area contributed by atoms with E-state index >= 15 is 0 Å². The lowest BCUT2D eigenvalue weighted by molar-refractivity contribution is 0.101. The van der Waals surface area contributed by atoms with Crippen LogP contribution in [-0.4, -0.2) is 41.2 Å². The molecule has 0 aliphatic carbocycles. The Hall–Kier alpha value is -2.70. The highest BCUT2D eigenvalue weighted by Gasteiger charge is 2.23. The van der Waals surface area contributed by atoms with Gasteiger partial charge in [-0.2, -0.15) is 15.3 Å².